The highest BCUT2D eigenvalue weighted by atomic mass is 16.8. The molecule has 4 unspecified atom stereocenters. The van der Waals surface area contributed by atoms with Gasteiger partial charge in [0.1, 0.15) is 11.9 Å². The minimum Gasteiger partial charge on any atom is -0.481 e. The Morgan fingerprint density at radius 2 is 1.56 bits per heavy atom. The van der Waals surface area contributed by atoms with Crippen molar-refractivity contribution < 1.29 is 59.2 Å². The lowest BCUT2D eigenvalue weighted by atomic mass is 9.72. The van der Waals surface area contributed by atoms with Gasteiger partial charge in [0.15, 0.2) is 5.79 Å². The summed E-state index contributed by atoms with van der Waals surface area (Å²) in [6.07, 6.45) is 5.51. The van der Waals surface area contributed by atoms with E-state index in [1.807, 2.05) is 41.5 Å². The molecule has 4 saturated heterocycles. The highest BCUT2D eigenvalue weighted by Gasteiger charge is 2.63. The maximum absolute atomic E-state index is 14.4. The van der Waals surface area contributed by atoms with Crippen LogP contribution in [-0.4, -0.2) is 103 Å². The van der Waals surface area contributed by atoms with E-state index in [9.17, 15) is 30.0 Å². The number of ether oxygens (including phenoxy) is 5. The Hall–Kier alpha value is -1.48. The number of hydrogen-bond donors (Lipinski definition) is 4. The first-order chi connectivity index (χ1) is 24.8. The number of Topliss-reactive ketones (excluding diaryl/α,β-unsaturated/α-hetero) is 1. The van der Waals surface area contributed by atoms with Crippen LogP contribution in [0.15, 0.2) is 12.2 Å². The van der Waals surface area contributed by atoms with E-state index in [0.29, 0.717) is 57.8 Å². The molecule has 0 aromatic heterocycles. The SMILES string of the molecule is CC[C@@H](C(=O)O)C1CC[C@H](C)C([C@@H](C)[C@H](O)[C@H](C)C(=O)[C@H](CC)C2O[C@]3(C=C[C@@H](O)[C@]4(CC[C@@](C)(C5CC[C@](O)(CC)[C@H](C)O5)O4)O3)[C@H](C)C[C@@H]2C)O1.O. The fraction of sp³-hybridized carbons (Fsp3) is 0.905. The van der Waals surface area contributed by atoms with Gasteiger partial charge < -0.3 is 49.6 Å². The van der Waals surface area contributed by atoms with Crippen LogP contribution in [0.1, 0.15) is 133 Å². The number of carboxylic acids is 1. The van der Waals surface area contributed by atoms with Crippen LogP contribution < -0.4 is 0 Å². The third kappa shape index (κ3) is 8.25. The minimum atomic E-state index is -1.37. The largest absolute Gasteiger partial charge is 0.481 e. The second-order valence-corrected chi connectivity index (χ2v) is 17.9. The molecule has 0 aromatic rings. The van der Waals surface area contributed by atoms with Crippen LogP contribution in [0.3, 0.4) is 0 Å². The van der Waals surface area contributed by atoms with Crippen LogP contribution in [0, 0.1) is 41.4 Å². The molecule has 2 spiro atoms. The van der Waals surface area contributed by atoms with E-state index in [4.69, 9.17) is 23.7 Å². The van der Waals surface area contributed by atoms with Gasteiger partial charge in [-0.1, -0.05) is 55.4 Å². The Balaban J connectivity index is 0.00000650. The summed E-state index contributed by atoms with van der Waals surface area (Å²) in [4.78, 5) is 26.4. The Kier molecular flexibility index (Phi) is 14.4. The molecule has 5 aliphatic heterocycles. The van der Waals surface area contributed by atoms with Gasteiger partial charge in [0.25, 0.3) is 0 Å². The third-order valence-electron chi connectivity index (χ3n) is 14.4. The van der Waals surface area contributed by atoms with Gasteiger partial charge in [-0.25, -0.2) is 0 Å². The molecule has 0 aliphatic carbocycles. The monoisotopic (exact) mass is 769 g/mol. The molecule has 5 rings (SSSR count). The first-order valence-corrected chi connectivity index (χ1v) is 20.7. The molecule has 4 fully saturated rings. The summed E-state index contributed by atoms with van der Waals surface area (Å²) in [6.45, 7) is 19.6. The smallest absolute Gasteiger partial charge is 0.309 e. The van der Waals surface area contributed by atoms with Gasteiger partial charge in [-0.05, 0) is 95.6 Å². The van der Waals surface area contributed by atoms with Crippen LogP contribution in [0.25, 0.3) is 0 Å². The van der Waals surface area contributed by atoms with E-state index in [0.717, 1.165) is 6.42 Å². The summed E-state index contributed by atoms with van der Waals surface area (Å²) >= 11 is 0. The number of aliphatic hydroxyl groups excluding tert-OH is 2. The van der Waals surface area contributed by atoms with Crippen molar-refractivity contribution in [1.29, 1.82) is 0 Å². The van der Waals surface area contributed by atoms with Crippen molar-refractivity contribution in [2.75, 3.05) is 0 Å². The van der Waals surface area contributed by atoms with Gasteiger partial charge in [0.2, 0.25) is 5.79 Å². The summed E-state index contributed by atoms with van der Waals surface area (Å²) in [5.41, 5.74) is -1.63. The number of aliphatic carboxylic acids is 1. The second kappa shape index (κ2) is 17.2. The molecule has 0 aromatic carbocycles. The molecule has 5 heterocycles. The summed E-state index contributed by atoms with van der Waals surface area (Å²) in [6, 6.07) is 0. The molecule has 5 aliphatic rings. The fourth-order valence-electron chi connectivity index (χ4n) is 10.5. The molecular formula is C42H72O12. The molecule has 6 N–H and O–H groups in total. The van der Waals surface area contributed by atoms with Gasteiger partial charge in [0, 0.05) is 30.1 Å². The fourth-order valence-corrected chi connectivity index (χ4v) is 10.5. The molecule has 18 atom stereocenters. The lowest BCUT2D eigenvalue weighted by Gasteiger charge is -2.54. The van der Waals surface area contributed by atoms with E-state index < -0.39 is 76.8 Å². The highest BCUT2D eigenvalue weighted by molar-refractivity contribution is 5.84. The predicted octanol–water partition coefficient (Wildman–Crippen LogP) is 5.36. The molecule has 12 heteroatoms. The minimum absolute atomic E-state index is 0. The maximum Gasteiger partial charge on any atom is 0.309 e. The summed E-state index contributed by atoms with van der Waals surface area (Å²) < 4.78 is 33.5. The molecule has 312 valence electrons. The molecule has 0 saturated carbocycles. The summed E-state index contributed by atoms with van der Waals surface area (Å²) in [5.74, 6) is -5.78. The van der Waals surface area contributed by atoms with E-state index in [1.165, 1.54) is 0 Å². The van der Waals surface area contributed by atoms with Gasteiger partial charge in [0.05, 0.1) is 53.7 Å². The zero-order chi connectivity index (χ0) is 39.3. The van der Waals surface area contributed by atoms with E-state index in [2.05, 4.69) is 20.8 Å². The van der Waals surface area contributed by atoms with E-state index >= 15 is 0 Å². The summed E-state index contributed by atoms with van der Waals surface area (Å²) in [7, 11) is 0. The topological polar surface area (TPSA) is 193 Å². The van der Waals surface area contributed by atoms with Crippen molar-refractivity contribution in [3.63, 3.8) is 0 Å². The zero-order valence-corrected chi connectivity index (χ0v) is 34.5. The van der Waals surface area contributed by atoms with Crippen molar-refractivity contribution in [2.45, 2.75) is 199 Å². The first-order valence-electron chi connectivity index (χ1n) is 20.7. The molecular weight excluding hydrogens is 696 g/mol. The van der Waals surface area contributed by atoms with Gasteiger partial charge >= 0.3 is 5.97 Å². The Morgan fingerprint density at radius 1 is 0.889 bits per heavy atom. The van der Waals surface area contributed by atoms with Crippen LogP contribution in [0.4, 0.5) is 0 Å². The lowest BCUT2D eigenvalue weighted by Crippen LogP contribution is -2.63. The molecule has 12 nitrogen and oxygen atoms in total. The Bertz CT molecular complexity index is 1330. The average molecular weight is 769 g/mol. The Morgan fingerprint density at radius 3 is 2.15 bits per heavy atom. The van der Waals surface area contributed by atoms with Crippen molar-refractivity contribution >= 4 is 11.8 Å². The van der Waals surface area contributed by atoms with E-state index in [1.54, 1.807) is 19.1 Å². The second-order valence-electron chi connectivity index (χ2n) is 17.9. The summed E-state index contributed by atoms with van der Waals surface area (Å²) in [5, 5.41) is 44.0. The third-order valence-corrected chi connectivity index (χ3v) is 14.4. The molecule has 0 bridgehead atoms. The highest BCUT2D eigenvalue weighted by Crippen LogP contribution is 2.54. The number of carboxylic acid groups (broad SMARTS) is 1. The van der Waals surface area contributed by atoms with E-state index in [-0.39, 0.29) is 47.3 Å². The Labute approximate surface area is 323 Å². The van der Waals surface area contributed by atoms with Gasteiger partial charge in [-0.15, -0.1) is 0 Å². The average Bonchev–Trinajstić information content (AvgIpc) is 3.47. The van der Waals surface area contributed by atoms with Gasteiger partial charge in [-0.3, -0.25) is 9.59 Å². The predicted molar refractivity (Wildman–Crippen MR) is 202 cm³/mol. The standard InChI is InChI=1S/C42H70O11.H2O/c1-11-29(38(46)47)31-15-14-23(4)36(50-31)27(8)34(44)26(7)35(45)30(12-2)37-24(5)22-25(6)41(51-37)19-16-32(43)42(53-41)21-20-39(10,52-42)33-17-18-40(48,13-3)28(9)49-33;/h16,19,23-34,36-37,43-44,48H,11-15,17-18,20-22H2,1-10H3,(H,46,47);1H2/t23-,24-,25+,26-,27-,28-,29+,30-,31?,32+,33?,34+,36?,37?,39-,40+,41-,42-;/m0./s1. The van der Waals surface area contributed by atoms with Crippen molar-refractivity contribution in [1.82, 2.24) is 0 Å². The normalized spacial score (nSPS) is 45.3. The molecule has 0 radical (unpaired) electrons. The number of ketones is 1. The molecule has 54 heavy (non-hydrogen) atoms. The number of rotatable bonds is 12. The quantitative estimate of drug-likeness (QED) is 0.187. The van der Waals surface area contributed by atoms with Crippen molar-refractivity contribution in [2.24, 2.45) is 41.4 Å². The number of carbonyl (C=O) groups excluding carboxylic acids is 1. The number of carbonyl (C=O) groups is 2. The first kappa shape index (κ1) is 45.2. The van der Waals surface area contributed by atoms with Crippen LogP contribution in [0.2, 0.25) is 0 Å². The number of aliphatic hydroxyl groups is 3. The van der Waals surface area contributed by atoms with Crippen molar-refractivity contribution in [3.05, 3.63) is 12.2 Å². The maximum atomic E-state index is 14.4. The van der Waals surface area contributed by atoms with Crippen LogP contribution in [0.5, 0.6) is 0 Å². The molecule has 0 amide bonds. The van der Waals surface area contributed by atoms with Gasteiger partial charge in [-0.2, -0.15) is 0 Å². The van der Waals surface area contributed by atoms with Crippen LogP contribution in [-0.2, 0) is 33.3 Å². The van der Waals surface area contributed by atoms with Crippen molar-refractivity contribution in [3.8, 4) is 0 Å². The zero-order valence-electron chi connectivity index (χ0n) is 34.5. The lowest BCUT2D eigenvalue weighted by molar-refractivity contribution is -0.409. The number of hydrogen-bond acceptors (Lipinski definition) is 10. The van der Waals surface area contributed by atoms with Crippen LogP contribution >= 0.6 is 0 Å².